The summed E-state index contributed by atoms with van der Waals surface area (Å²) in [6.07, 6.45) is 1.63. The molecule has 1 heterocycles. The zero-order valence-corrected chi connectivity index (χ0v) is 19.4. The molecule has 0 bridgehead atoms. The van der Waals surface area contributed by atoms with E-state index in [4.69, 9.17) is 18.9 Å². The third-order valence-corrected chi connectivity index (χ3v) is 5.29. The lowest BCUT2D eigenvalue weighted by molar-refractivity contribution is -0.131. The van der Waals surface area contributed by atoms with Crippen molar-refractivity contribution in [2.24, 2.45) is 5.92 Å². The molecule has 7 nitrogen and oxygen atoms in total. The summed E-state index contributed by atoms with van der Waals surface area (Å²) < 4.78 is 20.7. The van der Waals surface area contributed by atoms with Crippen LogP contribution in [0.15, 0.2) is 66.8 Å². The van der Waals surface area contributed by atoms with Gasteiger partial charge in [0.05, 0.1) is 0 Å². The van der Waals surface area contributed by atoms with Crippen LogP contribution in [-0.2, 0) is 25.5 Å². The summed E-state index contributed by atoms with van der Waals surface area (Å²) in [6.45, 7) is 11.1. The molecular weight excluding hydrogens is 436 g/mol. The highest BCUT2D eigenvalue weighted by molar-refractivity contribution is 5.89. The van der Waals surface area contributed by atoms with Crippen LogP contribution in [0.5, 0.6) is 11.5 Å². The molecule has 0 spiro atoms. The van der Waals surface area contributed by atoms with Crippen LogP contribution < -0.4 is 9.47 Å². The van der Waals surface area contributed by atoms with Gasteiger partial charge < -0.3 is 18.9 Å². The highest BCUT2D eigenvalue weighted by atomic mass is 16.7. The predicted molar refractivity (Wildman–Crippen MR) is 127 cm³/mol. The van der Waals surface area contributed by atoms with Crippen molar-refractivity contribution in [1.82, 2.24) is 0 Å². The average Bonchev–Trinajstić information content (AvgIpc) is 2.81. The van der Waals surface area contributed by atoms with Crippen LogP contribution in [0.4, 0.5) is 4.79 Å². The Balaban J connectivity index is 1.75. The minimum absolute atomic E-state index is 0.136. The van der Waals surface area contributed by atoms with E-state index in [1.54, 1.807) is 32.0 Å². The van der Waals surface area contributed by atoms with E-state index in [-0.39, 0.29) is 5.92 Å². The SMILES string of the molecule is C=C(C)C(=O)Oc1ccc(-c2ccc(OC(=O)C(=C)C)c(CCCC3COC(=O)OC3)c2)cc1. The molecule has 1 aliphatic heterocycles. The van der Waals surface area contributed by atoms with Crippen LogP contribution in [0.2, 0.25) is 0 Å². The molecule has 0 N–H and O–H groups in total. The summed E-state index contributed by atoms with van der Waals surface area (Å²) in [6, 6.07) is 12.8. The third-order valence-electron chi connectivity index (χ3n) is 5.29. The van der Waals surface area contributed by atoms with Crippen molar-refractivity contribution < 1.29 is 33.3 Å². The van der Waals surface area contributed by atoms with Crippen molar-refractivity contribution in [1.29, 1.82) is 0 Å². The number of carbonyl (C=O) groups is 3. The maximum absolute atomic E-state index is 12.1. The monoisotopic (exact) mass is 464 g/mol. The molecule has 0 amide bonds. The molecule has 7 heteroatoms. The third kappa shape index (κ3) is 6.81. The Kier molecular flexibility index (Phi) is 8.24. The van der Waals surface area contributed by atoms with E-state index < -0.39 is 18.1 Å². The standard InChI is InChI=1S/C27H28O7/c1-17(2)25(28)33-23-11-8-20(9-12-23)21-10-13-24(34-26(29)18(3)4)22(14-21)7-5-6-19-15-31-27(30)32-16-19/h8-14,19H,1,3,5-7,15-16H2,2,4H3. The van der Waals surface area contributed by atoms with E-state index in [2.05, 4.69) is 13.2 Å². The van der Waals surface area contributed by atoms with Crippen LogP contribution in [0.1, 0.15) is 32.3 Å². The lowest BCUT2D eigenvalue weighted by atomic mass is 9.97. The Morgan fingerprint density at radius 1 is 0.912 bits per heavy atom. The smallest absolute Gasteiger partial charge is 0.434 e. The second kappa shape index (κ2) is 11.3. The van der Waals surface area contributed by atoms with Crippen molar-refractivity contribution in [3.63, 3.8) is 0 Å². The Labute approximate surface area is 199 Å². The quantitative estimate of drug-likeness (QED) is 0.278. The molecule has 1 aliphatic rings. The van der Waals surface area contributed by atoms with E-state index in [0.29, 0.717) is 42.3 Å². The molecule has 2 aromatic carbocycles. The van der Waals surface area contributed by atoms with Gasteiger partial charge in [0, 0.05) is 17.1 Å². The normalized spacial score (nSPS) is 13.4. The van der Waals surface area contributed by atoms with E-state index in [1.165, 1.54) is 0 Å². The number of carbonyl (C=O) groups excluding carboxylic acids is 3. The number of rotatable bonds is 9. The maximum Gasteiger partial charge on any atom is 0.508 e. The fourth-order valence-corrected chi connectivity index (χ4v) is 3.36. The van der Waals surface area contributed by atoms with Crippen LogP contribution in [0, 0.1) is 5.92 Å². The first-order valence-corrected chi connectivity index (χ1v) is 11.0. The number of cyclic esters (lactones) is 2. The van der Waals surface area contributed by atoms with Crippen LogP contribution >= 0.6 is 0 Å². The predicted octanol–water partition coefficient (Wildman–Crippen LogP) is 5.42. The average molecular weight is 465 g/mol. The molecule has 3 rings (SSSR count). The molecule has 0 radical (unpaired) electrons. The van der Waals surface area contributed by atoms with Crippen LogP contribution in [0.25, 0.3) is 11.1 Å². The number of benzene rings is 2. The van der Waals surface area contributed by atoms with Gasteiger partial charge in [0.25, 0.3) is 0 Å². The molecule has 0 saturated carbocycles. The number of hydrogen-bond donors (Lipinski definition) is 0. The number of esters is 2. The fourth-order valence-electron chi connectivity index (χ4n) is 3.36. The minimum atomic E-state index is -0.627. The second-order valence-electron chi connectivity index (χ2n) is 8.32. The van der Waals surface area contributed by atoms with E-state index >= 15 is 0 Å². The van der Waals surface area contributed by atoms with Gasteiger partial charge in [-0.3, -0.25) is 0 Å². The van der Waals surface area contributed by atoms with Gasteiger partial charge in [0.15, 0.2) is 0 Å². The summed E-state index contributed by atoms with van der Waals surface area (Å²) in [4.78, 5) is 34.9. The Morgan fingerprint density at radius 2 is 1.50 bits per heavy atom. The molecule has 2 aromatic rings. The van der Waals surface area contributed by atoms with E-state index in [9.17, 15) is 14.4 Å². The van der Waals surface area contributed by atoms with Gasteiger partial charge in [0.2, 0.25) is 0 Å². The van der Waals surface area contributed by atoms with Gasteiger partial charge in [-0.2, -0.15) is 0 Å². The number of ether oxygens (including phenoxy) is 4. The van der Waals surface area contributed by atoms with Crippen LogP contribution in [0.3, 0.4) is 0 Å². The van der Waals surface area contributed by atoms with Crippen LogP contribution in [-0.4, -0.2) is 31.3 Å². The molecule has 0 unspecified atom stereocenters. The fraction of sp³-hybridized carbons (Fsp3) is 0.296. The van der Waals surface area contributed by atoms with Gasteiger partial charge in [0.1, 0.15) is 24.7 Å². The van der Waals surface area contributed by atoms with Crippen molar-refractivity contribution in [3.8, 4) is 22.6 Å². The lowest BCUT2D eigenvalue weighted by Gasteiger charge is -2.21. The molecule has 0 aromatic heterocycles. The van der Waals surface area contributed by atoms with Gasteiger partial charge in [-0.25, -0.2) is 14.4 Å². The van der Waals surface area contributed by atoms with Gasteiger partial charge >= 0.3 is 18.1 Å². The van der Waals surface area contributed by atoms with Gasteiger partial charge in [-0.1, -0.05) is 31.4 Å². The second-order valence-corrected chi connectivity index (χ2v) is 8.32. The molecule has 1 fully saturated rings. The Morgan fingerprint density at radius 3 is 2.12 bits per heavy atom. The van der Waals surface area contributed by atoms with Crippen molar-refractivity contribution in [2.45, 2.75) is 33.1 Å². The van der Waals surface area contributed by atoms with Gasteiger partial charge in [-0.05, 0) is 74.1 Å². The summed E-state index contributed by atoms with van der Waals surface area (Å²) in [5, 5.41) is 0. The first-order chi connectivity index (χ1) is 16.2. The number of hydrogen-bond acceptors (Lipinski definition) is 7. The van der Waals surface area contributed by atoms with Crippen molar-refractivity contribution in [3.05, 3.63) is 72.3 Å². The highest BCUT2D eigenvalue weighted by Gasteiger charge is 2.21. The highest BCUT2D eigenvalue weighted by Crippen LogP contribution is 2.30. The molecule has 34 heavy (non-hydrogen) atoms. The Hall–Kier alpha value is -3.87. The summed E-state index contributed by atoms with van der Waals surface area (Å²) in [7, 11) is 0. The maximum atomic E-state index is 12.1. The van der Waals surface area contributed by atoms with E-state index in [0.717, 1.165) is 29.5 Å². The Bertz CT molecular complexity index is 1090. The number of aryl methyl sites for hydroxylation is 1. The lowest BCUT2D eigenvalue weighted by Crippen LogP contribution is -2.27. The zero-order chi connectivity index (χ0) is 24.7. The molecule has 178 valence electrons. The summed E-state index contributed by atoms with van der Waals surface area (Å²) >= 11 is 0. The first kappa shape index (κ1) is 24.8. The molecule has 1 saturated heterocycles. The summed E-state index contributed by atoms with van der Waals surface area (Å²) in [5.74, 6) is 0.0911. The zero-order valence-electron chi connectivity index (χ0n) is 19.4. The van der Waals surface area contributed by atoms with Crippen molar-refractivity contribution in [2.75, 3.05) is 13.2 Å². The molecule has 0 atom stereocenters. The summed E-state index contributed by atoms with van der Waals surface area (Å²) in [5.41, 5.74) is 3.36. The van der Waals surface area contributed by atoms with E-state index in [1.807, 2.05) is 24.3 Å². The minimum Gasteiger partial charge on any atom is -0.434 e. The topological polar surface area (TPSA) is 88.1 Å². The largest absolute Gasteiger partial charge is 0.508 e. The molecular formula is C27H28O7. The van der Waals surface area contributed by atoms with Gasteiger partial charge in [-0.15, -0.1) is 0 Å². The van der Waals surface area contributed by atoms with Crippen molar-refractivity contribution >= 4 is 18.1 Å². The first-order valence-electron chi connectivity index (χ1n) is 11.0. The molecule has 0 aliphatic carbocycles.